The first-order valence-electron chi connectivity index (χ1n) is 22.3. The van der Waals surface area contributed by atoms with Gasteiger partial charge in [0.2, 0.25) is 0 Å². The standard InChI is InChI=1S/C89HN/c1-2-3-4-5-6-7-8-9-10-11-12-13-14-15-16-17-18-19-20-21-22-23-24-25-26-27-28-29-30-31-32-33-34-35-36-37-38-39-40-41-42-43-44-45-46-47-48-49-50-51-52-53-54-55-56-57-58-59-60-61-62-63-64-65-66-67-68-69-70-71-72-73-74-75-76-77-78-79-80-81-82-83-84-85-86-87-88-89-90/h1H. The van der Waals surface area contributed by atoms with Crippen LogP contribution in [0, 0.1) is 533 Å². The molecule has 0 radical (unpaired) electrons. The average molecular weight is 1080 g/mol. The first-order valence-corrected chi connectivity index (χ1v) is 22.3. The highest BCUT2D eigenvalue weighted by Crippen LogP contribution is 1.66. The minimum atomic E-state index is 1.62. The summed E-state index contributed by atoms with van der Waals surface area (Å²) in [5, 5.41) is 8.22. The van der Waals surface area contributed by atoms with Crippen molar-refractivity contribution in [2.45, 2.75) is 0 Å². The van der Waals surface area contributed by atoms with Crippen LogP contribution in [0.5, 0.6) is 0 Å². The second kappa shape index (κ2) is 69.1. The van der Waals surface area contributed by atoms with Gasteiger partial charge in [-0.25, -0.2) is 0 Å². The van der Waals surface area contributed by atoms with Crippen molar-refractivity contribution in [2.24, 2.45) is 0 Å². The Kier molecular flexibility index (Phi) is 53.9. The molecule has 0 aliphatic carbocycles. The summed E-state index contributed by atoms with van der Waals surface area (Å²) in [5.74, 6) is 215. The Morgan fingerprint density at radius 3 is 0.200 bits per heavy atom. The summed E-state index contributed by atoms with van der Waals surface area (Å²) < 4.78 is 0. The van der Waals surface area contributed by atoms with E-state index in [2.05, 4.69) is 515 Å². The molecule has 0 aliphatic heterocycles. The maximum absolute atomic E-state index is 8.22. The fraction of sp³-hybridized carbons (Fsp3) is 0. The van der Waals surface area contributed by atoms with E-state index in [0.29, 0.717) is 0 Å². The minimum Gasteiger partial charge on any atom is -0.183 e. The number of hydrogen-bond acceptors (Lipinski definition) is 1. The maximum Gasteiger partial charge on any atom is 0.153 e. The zero-order valence-electron chi connectivity index (χ0n) is 45.0. The van der Waals surface area contributed by atoms with Gasteiger partial charge in [-0.05, 0) is 47.4 Å². The van der Waals surface area contributed by atoms with Crippen LogP contribution < -0.4 is 0 Å². The predicted octanol–water partition coefficient (Wildman–Crippen LogP) is 0.289. The third-order valence-corrected chi connectivity index (χ3v) is 5.44. The molecule has 0 aliphatic rings. The van der Waals surface area contributed by atoms with Crippen LogP contribution in [0.4, 0.5) is 0 Å². The predicted molar refractivity (Wildman–Crippen MR) is 349 cm³/mol. The van der Waals surface area contributed by atoms with E-state index in [0.717, 1.165) is 0 Å². The van der Waals surface area contributed by atoms with Crippen molar-refractivity contribution in [3.05, 3.63) is 0 Å². The molecule has 0 atom stereocenters. The van der Waals surface area contributed by atoms with Gasteiger partial charge in [-0.1, -0.05) is 0 Å². The molecule has 0 rings (SSSR count). The van der Waals surface area contributed by atoms with Gasteiger partial charge in [0.25, 0.3) is 0 Å². The first-order chi connectivity index (χ1) is 44.9. The molecule has 0 spiro atoms. The van der Waals surface area contributed by atoms with E-state index >= 15 is 0 Å². The molecule has 0 aromatic heterocycles. The summed E-state index contributed by atoms with van der Waals surface area (Å²) in [6.07, 6.45) is 4.95. The van der Waals surface area contributed by atoms with Crippen molar-refractivity contribution >= 4 is 0 Å². The molecule has 0 aromatic carbocycles. The quantitative estimate of drug-likeness (QED) is 0.321. The molecule has 0 amide bonds. The topological polar surface area (TPSA) is 23.8 Å². The molecular weight excluding hydrogens is 1080 g/mol. The second-order valence-electron chi connectivity index (χ2n) is 11.0. The van der Waals surface area contributed by atoms with Gasteiger partial charge in [-0.3, -0.25) is 0 Å². The number of terminal acetylenes is 1. The van der Waals surface area contributed by atoms with Crippen molar-refractivity contribution in [3.8, 4) is 528 Å². The zero-order valence-corrected chi connectivity index (χ0v) is 45.0. The fourth-order valence-corrected chi connectivity index (χ4v) is 2.69. The Morgan fingerprint density at radius 1 is 0.0889 bits per heavy atom. The normalized spacial score (nSPS) is 3.93. The monoisotopic (exact) mass is 1080 g/mol. The first kappa shape index (κ1) is 70.1. The molecule has 0 heterocycles. The SMILES string of the molecule is C#CC#CC#CC#CC#CC#CC#CC#CC#CC#CC#CC#CC#CC#CC#CC#CC#CC#CC#CC#CC#CC#CC#CC#CC#CC#CC#CC#CC#CC#CC#CC#CC#CC#CC#CC#CC#CC#CC#CC#CC#CC#CC#CC#CC#N. The van der Waals surface area contributed by atoms with E-state index in [1.54, 1.807) is 6.07 Å². The van der Waals surface area contributed by atoms with Crippen LogP contribution in [0.15, 0.2) is 0 Å². The number of rotatable bonds is 0. The molecule has 362 valence electrons. The second-order valence-corrected chi connectivity index (χ2v) is 11.0. The molecule has 1 nitrogen and oxygen atoms in total. The molecule has 0 aromatic rings. The van der Waals surface area contributed by atoms with Gasteiger partial charge in [0.1, 0.15) is 0 Å². The molecule has 0 saturated carbocycles. The lowest BCUT2D eigenvalue weighted by atomic mass is 10.4. The lowest BCUT2D eigenvalue weighted by molar-refractivity contribution is 1.55. The summed E-state index contributed by atoms with van der Waals surface area (Å²) in [6, 6.07) is 1.62. The van der Waals surface area contributed by atoms with Gasteiger partial charge in [-0.15, -0.1) is 6.42 Å². The van der Waals surface area contributed by atoms with Crippen LogP contribution in [0.1, 0.15) is 0 Å². The highest BCUT2D eigenvalue weighted by atomic mass is 14.2. The Hall–Kier alpha value is -19.9. The summed E-state index contributed by atoms with van der Waals surface area (Å²) in [6.45, 7) is 0. The van der Waals surface area contributed by atoms with Crippen LogP contribution in [-0.2, 0) is 0 Å². The van der Waals surface area contributed by atoms with Crippen LogP contribution in [0.25, 0.3) is 0 Å². The zero-order chi connectivity index (χ0) is 64.2. The van der Waals surface area contributed by atoms with Crippen molar-refractivity contribution in [2.75, 3.05) is 0 Å². The van der Waals surface area contributed by atoms with E-state index in [4.69, 9.17) is 11.7 Å². The van der Waals surface area contributed by atoms with E-state index in [9.17, 15) is 0 Å². The Labute approximate surface area is 529 Å². The van der Waals surface area contributed by atoms with E-state index in [1.807, 2.05) is 0 Å². The Balaban J connectivity index is 4.63. The average Bonchev–Trinajstić information content (AvgIpc) is 3.55. The van der Waals surface area contributed by atoms with Gasteiger partial charge in [-0.2, -0.15) is 5.26 Å². The summed E-state index contributed by atoms with van der Waals surface area (Å²) in [4.78, 5) is 0. The summed E-state index contributed by atoms with van der Waals surface area (Å²) in [7, 11) is 0. The van der Waals surface area contributed by atoms with Crippen LogP contribution in [-0.4, -0.2) is 0 Å². The van der Waals surface area contributed by atoms with Gasteiger partial charge >= 0.3 is 0 Å². The molecule has 1 heteroatoms. The van der Waals surface area contributed by atoms with E-state index < -0.39 is 0 Å². The highest BCUT2D eigenvalue weighted by molar-refractivity contribution is 5.55. The molecule has 0 fully saturated rings. The smallest absolute Gasteiger partial charge is 0.153 e. The van der Waals surface area contributed by atoms with Gasteiger partial charge in [0.15, 0.2) is 6.07 Å². The highest BCUT2D eigenvalue weighted by Gasteiger charge is 1.66. The summed E-state index contributed by atoms with van der Waals surface area (Å²) in [5.41, 5.74) is 0. The van der Waals surface area contributed by atoms with Crippen LogP contribution in [0.2, 0.25) is 0 Å². The molecule has 0 saturated heterocycles. The minimum absolute atomic E-state index is 1.62. The van der Waals surface area contributed by atoms with E-state index in [1.165, 1.54) is 0 Å². The Morgan fingerprint density at radius 2 is 0.144 bits per heavy atom. The number of nitriles is 1. The van der Waals surface area contributed by atoms with Gasteiger partial charge < -0.3 is 0 Å². The van der Waals surface area contributed by atoms with Gasteiger partial charge in [0.05, 0.1) is 0 Å². The molecule has 90 heavy (non-hydrogen) atoms. The largest absolute Gasteiger partial charge is 0.183 e. The summed E-state index contributed by atoms with van der Waals surface area (Å²) >= 11 is 0. The lowest BCUT2D eigenvalue weighted by Crippen LogP contribution is -1.57. The van der Waals surface area contributed by atoms with Crippen molar-refractivity contribution < 1.29 is 0 Å². The fourth-order valence-electron chi connectivity index (χ4n) is 2.69. The Bertz CT molecular complexity index is 5870. The van der Waals surface area contributed by atoms with Crippen molar-refractivity contribution in [1.82, 2.24) is 0 Å². The van der Waals surface area contributed by atoms with Gasteiger partial charge in [0, 0.05) is 468 Å². The van der Waals surface area contributed by atoms with E-state index in [-0.39, 0.29) is 0 Å². The maximum atomic E-state index is 8.22. The molecule has 0 bridgehead atoms. The van der Waals surface area contributed by atoms with Crippen LogP contribution in [0.3, 0.4) is 0 Å². The number of hydrogen-bond donors (Lipinski definition) is 0. The number of nitrogens with zero attached hydrogens (tertiary/aromatic N) is 1. The lowest BCUT2D eigenvalue weighted by Gasteiger charge is -1.58. The molecule has 0 N–H and O–H groups in total. The third kappa shape index (κ3) is 68.1. The molecular formula is C89HN. The molecule has 0 unspecified atom stereocenters. The van der Waals surface area contributed by atoms with Crippen molar-refractivity contribution in [1.29, 1.82) is 5.26 Å². The van der Waals surface area contributed by atoms with Crippen LogP contribution >= 0.6 is 0 Å². The van der Waals surface area contributed by atoms with Crippen molar-refractivity contribution in [3.63, 3.8) is 0 Å². The third-order valence-electron chi connectivity index (χ3n) is 5.44.